The molecule has 0 unspecified atom stereocenters. The van der Waals surface area contributed by atoms with E-state index in [0.717, 1.165) is 8.95 Å². The Balaban J connectivity index is 1.93. The van der Waals surface area contributed by atoms with E-state index in [4.69, 9.17) is 18.9 Å². The normalized spacial score (nSPS) is 14.6. The Bertz CT molecular complexity index is 1630. The molecule has 0 saturated carbocycles. The molecule has 1 aliphatic heterocycles. The zero-order chi connectivity index (χ0) is 28.1. The highest BCUT2D eigenvalue weighted by Crippen LogP contribution is 2.36. The van der Waals surface area contributed by atoms with E-state index < -0.39 is 12.0 Å². The fourth-order valence-electron chi connectivity index (χ4n) is 4.11. The monoisotopic (exact) mass is 676 g/mol. The zero-order valence-corrected chi connectivity index (χ0v) is 25.5. The molecule has 3 aromatic rings. The minimum absolute atomic E-state index is 0.225. The topological polar surface area (TPSA) is 88.3 Å². The minimum Gasteiger partial charge on any atom is -0.490 e. The van der Waals surface area contributed by atoms with Crippen molar-refractivity contribution in [1.82, 2.24) is 4.57 Å². The number of hydrogen-bond acceptors (Lipinski definition) is 8. The van der Waals surface area contributed by atoms with Gasteiger partial charge in [0.1, 0.15) is 12.4 Å². The van der Waals surface area contributed by atoms with Gasteiger partial charge in [0.2, 0.25) is 0 Å². The summed E-state index contributed by atoms with van der Waals surface area (Å²) in [6.45, 7) is 8.65. The standard InChI is InChI=1S/C28H26Br2N2O6S/c1-5-10-38-25-17(11-18(29)14-20(25)30)13-23-26(33)32-24(19(27(34)35-4)15-31-28(32)39-23)16-8-9-21(36-6-2)22(12-16)37-7-3/h5,8-9,11-15,24H,1,6-7,10H2,2-4H3/b23-13+/t24-/m1/s1. The fraction of sp³-hybridized carbons (Fsp3) is 0.250. The summed E-state index contributed by atoms with van der Waals surface area (Å²) in [4.78, 5) is 31.6. The number of hydrogen-bond donors (Lipinski definition) is 0. The van der Waals surface area contributed by atoms with E-state index >= 15 is 0 Å². The molecule has 0 spiro atoms. The van der Waals surface area contributed by atoms with Crippen molar-refractivity contribution in [3.05, 3.63) is 94.5 Å². The Kier molecular flexibility index (Phi) is 9.47. The summed E-state index contributed by atoms with van der Waals surface area (Å²) in [6.07, 6.45) is 4.85. The second-order valence-corrected chi connectivity index (χ2v) is 10.9. The molecule has 0 fully saturated rings. The summed E-state index contributed by atoms with van der Waals surface area (Å²) in [5.74, 6) is 1.08. The van der Waals surface area contributed by atoms with Crippen molar-refractivity contribution in [2.45, 2.75) is 19.9 Å². The lowest BCUT2D eigenvalue weighted by atomic mass is 9.97. The van der Waals surface area contributed by atoms with Crippen molar-refractivity contribution in [1.29, 1.82) is 0 Å². The summed E-state index contributed by atoms with van der Waals surface area (Å²) in [7, 11) is 1.30. The van der Waals surface area contributed by atoms with Crippen LogP contribution in [0.1, 0.15) is 31.0 Å². The number of esters is 1. The van der Waals surface area contributed by atoms with E-state index in [9.17, 15) is 9.59 Å². The van der Waals surface area contributed by atoms with Crippen molar-refractivity contribution >= 4 is 55.2 Å². The van der Waals surface area contributed by atoms with Crippen molar-refractivity contribution in [3.8, 4) is 17.2 Å². The first-order valence-corrected chi connectivity index (χ1v) is 14.4. The fourth-order valence-corrected chi connectivity index (χ4v) is 6.44. The minimum atomic E-state index is -0.781. The predicted molar refractivity (Wildman–Crippen MR) is 157 cm³/mol. The van der Waals surface area contributed by atoms with Gasteiger partial charge in [-0.1, -0.05) is 46.0 Å². The second-order valence-electron chi connectivity index (χ2n) is 8.15. The predicted octanol–water partition coefficient (Wildman–Crippen LogP) is 4.91. The Morgan fingerprint density at radius 2 is 1.87 bits per heavy atom. The molecule has 0 N–H and O–H groups in total. The lowest BCUT2D eigenvalue weighted by molar-refractivity contribution is -0.136. The van der Waals surface area contributed by atoms with E-state index in [0.29, 0.717) is 57.5 Å². The number of carbonyl (C=O) groups is 1. The molecule has 0 saturated heterocycles. The number of thiazole rings is 1. The Morgan fingerprint density at radius 3 is 2.56 bits per heavy atom. The number of fused-ring (bicyclic) bond motifs is 1. The SMILES string of the molecule is C=CCOc1c(Br)cc(Br)cc1/C=c1/sc2n(c1=O)[C@H](c1ccc(OCC)c(OCC)c1)C(C(=O)OC)=CN=2. The molecule has 0 amide bonds. The van der Waals surface area contributed by atoms with Crippen LogP contribution in [0.4, 0.5) is 0 Å². The van der Waals surface area contributed by atoms with Gasteiger partial charge < -0.3 is 18.9 Å². The lowest BCUT2D eigenvalue weighted by Crippen LogP contribution is -2.39. The first-order chi connectivity index (χ1) is 18.8. The van der Waals surface area contributed by atoms with Gasteiger partial charge in [0.05, 0.1) is 40.9 Å². The second kappa shape index (κ2) is 12.8. The molecule has 0 radical (unpaired) electrons. The van der Waals surface area contributed by atoms with Crippen LogP contribution in [-0.2, 0) is 9.53 Å². The van der Waals surface area contributed by atoms with Gasteiger partial charge in [0.25, 0.3) is 5.56 Å². The number of nitrogens with zero attached hydrogens (tertiary/aromatic N) is 2. The number of ether oxygens (including phenoxy) is 4. The van der Waals surface area contributed by atoms with Crippen LogP contribution in [0.15, 0.2) is 73.5 Å². The molecule has 39 heavy (non-hydrogen) atoms. The largest absolute Gasteiger partial charge is 0.490 e. The van der Waals surface area contributed by atoms with Crippen LogP contribution in [-0.4, -0.2) is 37.5 Å². The zero-order valence-electron chi connectivity index (χ0n) is 21.5. The maximum Gasteiger partial charge on any atom is 0.337 e. The summed E-state index contributed by atoms with van der Waals surface area (Å²) in [5, 5.41) is 0. The van der Waals surface area contributed by atoms with Crippen LogP contribution < -0.4 is 29.1 Å². The quantitative estimate of drug-likeness (QED) is 0.224. The van der Waals surface area contributed by atoms with Crippen LogP contribution in [0.2, 0.25) is 0 Å². The van der Waals surface area contributed by atoms with E-state index in [2.05, 4.69) is 43.4 Å². The van der Waals surface area contributed by atoms with Crippen molar-refractivity contribution in [2.75, 3.05) is 26.9 Å². The number of methoxy groups -OCH3 is 1. The van der Waals surface area contributed by atoms with Gasteiger partial charge in [-0.3, -0.25) is 9.36 Å². The molecule has 0 aliphatic carbocycles. The summed E-state index contributed by atoms with van der Waals surface area (Å²) in [5.41, 5.74) is 1.26. The smallest absolute Gasteiger partial charge is 0.337 e. The number of rotatable bonds is 10. The van der Waals surface area contributed by atoms with E-state index in [-0.39, 0.29) is 11.1 Å². The van der Waals surface area contributed by atoms with E-state index in [1.807, 2.05) is 32.0 Å². The molecule has 0 bridgehead atoms. The molecule has 8 nitrogen and oxygen atoms in total. The average molecular weight is 678 g/mol. The van der Waals surface area contributed by atoms with Gasteiger partial charge in [-0.25, -0.2) is 9.79 Å². The third kappa shape index (κ3) is 6.05. The van der Waals surface area contributed by atoms with Crippen molar-refractivity contribution in [3.63, 3.8) is 0 Å². The third-order valence-electron chi connectivity index (χ3n) is 5.68. The Labute approximate surface area is 246 Å². The molecule has 2 heterocycles. The molecule has 11 heteroatoms. The highest BCUT2D eigenvalue weighted by Gasteiger charge is 2.31. The van der Waals surface area contributed by atoms with Gasteiger partial charge >= 0.3 is 5.97 Å². The molecule has 1 atom stereocenters. The van der Waals surface area contributed by atoms with Crippen LogP contribution >= 0.6 is 43.2 Å². The molecule has 2 aromatic carbocycles. The Morgan fingerprint density at radius 1 is 1.13 bits per heavy atom. The third-order valence-corrected chi connectivity index (χ3v) is 7.72. The van der Waals surface area contributed by atoms with Crippen LogP contribution in [0.25, 0.3) is 6.08 Å². The lowest BCUT2D eigenvalue weighted by Gasteiger charge is -2.23. The molecule has 1 aromatic heterocycles. The van der Waals surface area contributed by atoms with E-state index in [1.54, 1.807) is 24.3 Å². The summed E-state index contributed by atoms with van der Waals surface area (Å²) < 4.78 is 25.9. The number of benzene rings is 2. The summed E-state index contributed by atoms with van der Waals surface area (Å²) >= 11 is 8.26. The number of halogens is 2. The maximum absolute atomic E-state index is 13.9. The van der Waals surface area contributed by atoms with Crippen molar-refractivity contribution in [2.24, 2.45) is 4.99 Å². The highest BCUT2D eigenvalue weighted by atomic mass is 79.9. The van der Waals surface area contributed by atoms with Gasteiger partial charge in [0.15, 0.2) is 16.3 Å². The van der Waals surface area contributed by atoms with Crippen molar-refractivity contribution < 1.29 is 23.7 Å². The molecular weight excluding hydrogens is 652 g/mol. The first-order valence-electron chi connectivity index (χ1n) is 12.0. The maximum atomic E-state index is 13.9. The molecule has 1 aliphatic rings. The first kappa shape index (κ1) is 28.8. The number of carbonyl (C=O) groups excluding carboxylic acids is 1. The van der Waals surface area contributed by atoms with E-state index in [1.165, 1.54) is 29.2 Å². The van der Waals surface area contributed by atoms with Gasteiger partial charge in [-0.15, -0.1) is 0 Å². The van der Waals surface area contributed by atoms with Gasteiger partial charge in [-0.2, -0.15) is 0 Å². The van der Waals surface area contributed by atoms with Crippen LogP contribution in [0, 0.1) is 0 Å². The van der Waals surface area contributed by atoms with Gasteiger partial charge in [-0.05, 0) is 65.7 Å². The summed E-state index contributed by atoms with van der Waals surface area (Å²) in [6, 6.07) is 8.31. The van der Waals surface area contributed by atoms with Crippen LogP contribution in [0.5, 0.6) is 17.2 Å². The van der Waals surface area contributed by atoms with Crippen LogP contribution in [0.3, 0.4) is 0 Å². The molecule has 4 rings (SSSR count). The van der Waals surface area contributed by atoms with Gasteiger partial charge in [0, 0.05) is 16.2 Å². The molecule has 204 valence electrons. The highest BCUT2D eigenvalue weighted by molar-refractivity contribution is 9.11. The average Bonchev–Trinajstić information content (AvgIpc) is 3.23. The molecular formula is C28H26Br2N2O6S. The number of aromatic nitrogens is 1. The Hall–Kier alpha value is -3.15.